The summed E-state index contributed by atoms with van der Waals surface area (Å²) in [4.78, 5) is 0. The Balaban J connectivity index is 2.56. The average Bonchev–Trinajstić information content (AvgIpc) is 2.03. The lowest BCUT2D eigenvalue weighted by Gasteiger charge is -2.03. The van der Waals surface area contributed by atoms with Gasteiger partial charge in [0.2, 0.25) is 0 Å². The molecule has 0 aliphatic carbocycles. The minimum atomic E-state index is 0.494. The molecule has 3 heteroatoms. The molecule has 0 saturated carbocycles. The summed E-state index contributed by atoms with van der Waals surface area (Å²) in [5.41, 5.74) is 1.09. The molecule has 0 spiro atoms. The largest absolute Gasteiger partial charge is 0.381 e. The van der Waals surface area contributed by atoms with Gasteiger partial charge in [-0.2, -0.15) is 0 Å². The number of benzene rings is 1. The van der Waals surface area contributed by atoms with E-state index in [4.69, 9.17) is 27.9 Å². The zero-order valence-electron chi connectivity index (χ0n) is 7.22. The molecule has 0 aromatic heterocycles. The third-order valence-electron chi connectivity index (χ3n) is 1.60. The summed E-state index contributed by atoms with van der Waals surface area (Å²) in [6, 6.07) is 5.49. The van der Waals surface area contributed by atoms with Gasteiger partial charge in [-0.1, -0.05) is 23.2 Å². The number of ether oxygens (including phenoxy) is 1. The first-order chi connectivity index (χ1) is 6.22. The van der Waals surface area contributed by atoms with Gasteiger partial charge in [-0.3, -0.25) is 0 Å². The predicted molar refractivity (Wildman–Crippen MR) is 56.3 cm³/mol. The lowest BCUT2D eigenvalue weighted by Crippen LogP contribution is -1.97. The van der Waals surface area contributed by atoms with Gasteiger partial charge in [0.05, 0.1) is 6.61 Å². The summed E-state index contributed by atoms with van der Waals surface area (Å²) >= 11 is 11.7. The molecule has 0 aliphatic rings. The molecule has 0 saturated heterocycles. The molecule has 0 aliphatic heterocycles. The van der Waals surface area contributed by atoms with Gasteiger partial charge in [0.1, 0.15) is 0 Å². The SMILES string of the molecule is [CH2]COCCc1cc(Cl)cc(Cl)c1. The second kappa shape index (κ2) is 5.48. The highest BCUT2D eigenvalue weighted by Gasteiger charge is 1.97. The first kappa shape index (κ1) is 10.8. The molecule has 0 atom stereocenters. The highest BCUT2D eigenvalue weighted by molar-refractivity contribution is 6.34. The number of rotatable bonds is 4. The summed E-state index contributed by atoms with van der Waals surface area (Å²) in [5, 5.41) is 1.33. The van der Waals surface area contributed by atoms with E-state index in [1.54, 1.807) is 6.07 Å². The first-order valence-corrected chi connectivity index (χ1v) is 4.80. The highest BCUT2D eigenvalue weighted by Crippen LogP contribution is 2.19. The molecule has 1 aromatic rings. The summed E-state index contributed by atoms with van der Waals surface area (Å²) < 4.78 is 5.12. The standard InChI is InChI=1S/C10H11Cl2O/c1-2-13-4-3-8-5-9(11)7-10(12)6-8/h5-7H,1-4H2. The van der Waals surface area contributed by atoms with Crippen LogP contribution in [0.2, 0.25) is 10.0 Å². The van der Waals surface area contributed by atoms with E-state index >= 15 is 0 Å². The summed E-state index contributed by atoms with van der Waals surface area (Å²) in [5.74, 6) is 0. The minimum absolute atomic E-state index is 0.494. The Morgan fingerprint density at radius 3 is 2.31 bits per heavy atom. The van der Waals surface area contributed by atoms with E-state index in [0.29, 0.717) is 23.3 Å². The Hall–Kier alpha value is -0.240. The van der Waals surface area contributed by atoms with Crippen molar-refractivity contribution in [2.45, 2.75) is 6.42 Å². The molecule has 0 fully saturated rings. The van der Waals surface area contributed by atoms with E-state index in [9.17, 15) is 0 Å². The second-order valence-electron chi connectivity index (χ2n) is 2.64. The van der Waals surface area contributed by atoms with Gasteiger partial charge in [-0.25, -0.2) is 0 Å². The molecule has 1 radical (unpaired) electrons. The Kier molecular flexibility index (Phi) is 4.57. The van der Waals surface area contributed by atoms with Crippen LogP contribution in [0.1, 0.15) is 5.56 Å². The van der Waals surface area contributed by atoms with Crippen molar-refractivity contribution in [2.24, 2.45) is 0 Å². The Morgan fingerprint density at radius 1 is 1.15 bits per heavy atom. The van der Waals surface area contributed by atoms with Gasteiger partial charge in [0, 0.05) is 16.7 Å². The summed E-state index contributed by atoms with van der Waals surface area (Å²) in [6.45, 7) is 4.72. The Morgan fingerprint density at radius 2 is 1.77 bits per heavy atom. The normalized spacial score (nSPS) is 10.4. The molecular formula is C10H11Cl2O. The lowest BCUT2D eigenvalue weighted by atomic mass is 10.2. The molecule has 0 unspecified atom stereocenters. The highest BCUT2D eigenvalue weighted by atomic mass is 35.5. The van der Waals surface area contributed by atoms with Gasteiger partial charge in [0.25, 0.3) is 0 Å². The van der Waals surface area contributed by atoms with Gasteiger partial charge in [-0.05, 0) is 37.1 Å². The van der Waals surface area contributed by atoms with Gasteiger partial charge in [0.15, 0.2) is 0 Å². The fourth-order valence-electron chi connectivity index (χ4n) is 1.05. The van der Waals surface area contributed by atoms with Crippen molar-refractivity contribution in [3.63, 3.8) is 0 Å². The topological polar surface area (TPSA) is 9.23 Å². The molecule has 0 bridgehead atoms. The maximum atomic E-state index is 5.83. The van der Waals surface area contributed by atoms with Crippen LogP contribution in [0, 0.1) is 6.92 Å². The number of hydrogen-bond donors (Lipinski definition) is 0. The molecular weight excluding hydrogens is 207 g/mol. The van der Waals surface area contributed by atoms with Gasteiger partial charge >= 0.3 is 0 Å². The molecule has 13 heavy (non-hydrogen) atoms. The molecule has 0 amide bonds. The Labute approximate surface area is 88.6 Å². The van der Waals surface area contributed by atoms with E-state index in [1.165, 1.54) is 0 Å². The average molecular weight is 218 g/mol. The molecule has 0 heterocycles. The maximum absolute atomic E-state index is 5.83. The first-order valence-electron chi connectivity index (χ1n) is 4.04. The van der Waals surface area contributed by atoms with Crippen LogP contribution in [0.4, 0.5) is 0 Å². The summed E-state index contributed by atoms with van der Waals surface area (Å²) in [6.07, 6.45) is 0.815. The van der Waals surface area contributed by atoms with E-state index in [1.807, 2.05) is 12.1 Å². The van der Waals surface area contributed by atoms with Crippen LogP contribution in [0.25, 0.3) is 0 Å². The van der Waals surface area contributed by atoms with Crippen molar-refractivity contribution in [2.75, 3.05) is 13.2 Å². The van der Waals surface area contributed by atoms with Crippen LogP contribution in [0.3, 0.4) is 0 Å². The molecule has 71 valence electrons. The fraction of sp³-hybridized carbons (Fsp3) is 0.300. The monoisotopic (exact) mass is 217 g/mol. The third-order valence-corrected chi connectivity index (χ3v) is 2.04. The Bertz CT molecular complexity index is 253. The minimum Gasteiger partial charge on any atom is -0.381 e. The van der Waals surface area contributed by atoms with E-state index in [0.717, 1.165) is 12.0 Å². The van der Waals surface area contributed by atoms with E-state index in [2.05, 4.69) is 6.92 Å². The van der Waals surface area contributed by atoms with Crippen molar-refractivity contribution in [3.8, 4) is 0 Å². The number of hydrogen-bond acceptors (Lipinski definition) is 1. The smallest absolute Gasteiger partial charge is 0.0506 e. The molecule has 1 nitrogen and oxygen atoms in total. The van der Waals surface area contributed by atoms with E-state index in [-0.39, 0.29) is 0 Å². The van der Waals surface area contributed by atoms with Crippen molar-refractivity contribution in [3.05, 3.63) is 40.7 Å². The van der Waals surface area contributed by atoms with E-state index < -0.39 is 0 Å². The second-order valence-corrected chi connectivity index (χ2v) is 3.51. The van der Waals surface area contributed by atoms with Crippen molar-refractivity contribution in [1.29, 1.82) is 0 Å². The van der Waals surface area contributed by atoms with Gasteiger partial charge < -0.3 is 4.74 Å². The zero-order chi connectivity index (χ0) is 9.68. The van der Waals surface area contributed by atoms with Crippen molar-refractivity contribution < 1.29 is 4.74 Å². The quantitative estimate of drug-likeness (QED) is 0.704. The summed E-state index contributed by atoms with van der Waals surface area (Å²) in [7, 11) is 0. The predicted octanol–water partition coefficient (Wildman–Crippen LogP) is 3.39. The lowest BCUT2D eigenvalue weighted by molar-refractivity contribution is 0.164. The van der Waals surface area contributed by atoms with Crippen molar-refractivity contribution >= 4 is 23.2 Å². The van der Waals surface area contributed by atoms with Crippen LogP contribution in [0.5, 0.6) is 0 Å². The van der Waals surface area contributed by atoms with Crippen molar-refractivity contribution in [1.82, 2.24) is 0 Å². The van der Waals surface area contributed by atoms with Crippen LogP contribution in [-0.4, -0.2) is 13.2 Å². The van der Waals surface area contributed by atoms with Crippen LogP contribution in [-0.2, 0) is 11.2 Å². The van der Waals surface area contributed by atoms with Crippen LogP contribution < -0.4 is 0 Å². The fourth-order valence-corrected chi connectivity index (χ4v) is 1.62. The molecule has 1 rings (SSSR count). The van der Waals surface area contributed by atoms with Crippen LogP contribution in [0.15, 0.2) is 18.2 Å². The zero-order valence-corrected chi connectivity index (χ0v) is 8.74. The van der Waals surface area contributed by atoms with Crippen LogP contribution >= 0.6 is 23.2 Å². The molecule has 0 N–H and O–H groups in total. The third kappa shape index (κ3) is 3.99. The maximum Gasteiger partial charge on any atom is 0.0506 e. The van der Waals surface area contributed by atoms with Gasteiger partial charge in [-0.15, -0.1) is 0 Å². The number of halogens is 2. The molecule has 1 aromatic carbocycles.